The average Bonchev–Trinajstić information content (AvgIpc) is 2.65. The van der Waals surface area contributed by atoms with Gasteiger partial charge in [0.15, 0.2) is 5.82 Å². The Morgan fingerprint density at radius 3 is 2.47 bits per heavy atom. The number of carbonyl (C=O) groups excluding carboxylic acids is 1. The quantitative estimate of drug-likeness (QED) is 0.885. The van der Waals surface area contributed by atoms with Gasteiger partial charge in [0.05, 0.1) is 11.4 Å². The van der Waals surface area contributed by atoms with Gasteiger partial charge in [0.25, 0.3) is 5.91 Å². The third-order valence-corrected chi connectivity index (χ3v) is 3.12. The molecule has 1 heterocycles. The van der Waals surface area contributed by atoms with Crippen molar-refractivity contribution in [2.75, 3.05) is 11.1 Å². The lowest BCUT2D eigenvalue weighted by atomic mass is 10.1. The first-order chi connectivity index (χ1) is 9.02. The zero-order valence-corrected chi connectivity index (χ0v) is 11.4. The number of hydrogen-bond donors (Lipinski definition) is 2. The lowest BCUT2D eigenvalue weighted by molar-refractivity contribution is 0.102. The van der Waals surface area contributed by atoms with E-state index in [0.717, 1.165) is 6.42 Å². The Balaban J connectivity index is 2.20. The van der Waals surface area contributed by atoms with Crippen LogP contribution in [0.1, 0.15) is 28.5 Å². The molecule has 0 radical (unpaired) electrons. The molecule has 0 saturated carbocycles. The van der Waals surface area contributed by atoms with Crippen molar-refractivity contribution in [1.29, 1.82) is 0 Å². The molecular weight excluding hydrogens is 240 g/mol. The van der Waals surface area contributed by atoms with Crippen LogP contribution in [0.3, 0.4) is 0 Å². The highest BCUT2D eigenvalue weighted by Crippen LogP contribution is 2.21. The molecule has 0 atom stereocenters. The summed E-state index contributed by atoms with van der Waals surface area (Å²) in [4.78, 5) is 12.1. The highest BCUT2D eigenvalue weighted by molar-refractivity contribution is 6.05. The van der Waals surface area contributed by atoms with Crippen LogP contribution in [0.5, 0.6) is 0 Å². The Bertz CT molecular complexity index is 599. The van der Waals surface area contributed by atoms with Gasteiger partial charge in [-0.25, -0.2) is 0 Å². The number of aromatic nitrogens is 2. The Morgan fingerprint density at radius 1 is 1.37 bits per heavy atom. The number of nitrogens with zero attached hydrogens (tertiary/aromatic N) is 2. The van der Waals surface area contributed by atoms with E-state index in [4.69, 9.17) is 5.73 Å². The Labute approximate surface area is 112 Å². The standard InChI is InChI=1S/C14H18N4O/c1-4-10-5-7-11(8-6-10)14(19)16-13-12(15)9(2)17-18(13)3/h5-8H,4,15H2,1-3H3,(H,16,19). The van der Waals surface area contributed by atoms with Crippen molar-refractivity contribution in [3.05, 3.63) is 41.1 Å². The fraction of sp³-hybridized carbons (Fsp3) is 0.286. The van der Waals surface area contributed by atoms with Gasteiger partial charge in [0, 0.05) is 12.6 Å². The van der Waals surface area contributed by atoms with Gasteiger partial charge in [-0.1, -0.05) is 19.1 Å². The second kappa shape index (κ2) is 5.14. The fourth-order valence-electron chi connectivity index (χ4n) is 1.89. The monoisotopic (exact) mass is 258 g/mol. The Morgan fingerprint density at radius 2 is 2.00 bits per heavy atom. The second-order valence-corrected chi connectivity index (χ2v) is 4.48. The van der Waals surface area contributed by atoms with E-state index in [1.165, 1.54) is 5.56 Å². The smallest absolute Gasteiger partial charge is 0.256 e. The lowest BCUT2D eigenvalue weighted by Gasteiger charge is -2.07. The Kier molecular flexibility index (Phi) is 3.55. The predicted octanol–water partition coefficient (Wildman–Crippen LogP) is 2.13. The molecule has 2 aromatic rings. The van der Waals surface area contributed by atoms with Gasteiger partial charge in [0.1, 0.15) is 0 Å². The van der Waals surface area contributed by atoms with E-state index in [2.05, 4.69) is 17.3 Å². The zero-order valence-electron chi connectivity index (χ0n) is 11.4. The minimum absolute atomic E-state index is 0.183. The molecule has 0 unspecified atom stereocenters. The molecule has 0 bridgehead atoms. The number of rotatable bonds is 3. The molecule has 100 valence electrons. The van der Waals surface area contributed by atoms with Crippen LogP contribution in [0.15, 0.2) is 24.3 Å². The summed E-state index contributed by atoms with van der Waals surface area (Å²) in [5.41, 5.74) is 8.89. The molecule has 0 saturated heterocycles. The van der Waals surface area contributed by atoms with Crippen molar-refractivity contribution < 1.29 is 4.79 Å². The van der Waals surface area contributed by atoms with Crippen LogP contribution in [0.2, 0.25) is 0 Å². The maximum absolute atomic E-state index is 12.1. The number of nitrogen functional groups attached to an aromatic ring is 1. The first-order valence-electron chi connectivity index (χ1n) is 6.22. The highest BCUT2D eigenvalue weighted by Gasteiger charge is 2.14. The summed E-state index contributed by atoms with van der Waals surface area (Å²) in [7, 11) is 1.75. The molecule has 0 aliphatic rings. The number of aryl methyl sites for hydroxylation is 3. The SMILES string of the molecule is CCc1ccc(C(=O)Nc2c(N)c(C)nn2C)cc1. The van der Waals surface area contributed by atoms with Crippen molar-refractivity contribution in [3.8, 4) is 0 Å². The first-order valence-corrected chi connectivity index (χ1v) is 6.22. The molecule has 0 fully saturated rings. The first kappa shape index (κ1) is 13.1. The van der Waals surface area contributed by atoms with Gasteiger partial charge in [-0.2, -0.15) is 5.10 Å². The van der Waals surface area contributed by atoms with Crippen LogP contribution in [0.25, 0.3) is 0 Å². The summed E-state index contributed by atoms with van der Waals surface area (Å²) in [5, 5.41) is 6.95. The molecule has 0 aliphatic carbocycles. The van der Waals surface area contributed by atoms with Crippen molar-refractivity contribution in [1.82, 2.24) is 9.78 Å². The van der Waals surface area contributed by atoms with E-state index in [1.807, 2.05) is 24.3 Å². The molecule has 1 aromatic heterocycles. The van der Waals surface area contributed by atoms with Crippen LogP contribution < -0.4 is 11.1 Å². The lowest BCUT2D eigenvalue weighted by Crippen LogP contribution is -2.15. The predicted molar refractivity (Wildman–Crippen MR) is 76.1 cm³/mol. The third-order valence-electron chi connectivity index (χ3n) is 3.12. The van der Waals surface area contributed by atoms with E-state index in [-0.39, 0.29) is 5.91 Å². The minimum Gasteiger partial charge on any atom is -0.394 e. The molecule has 3 N–H and O–H groups in total. The van der Waals surface area contributed by atoms with Crippen LogP contribution in [0, 0.1) is 6.92 Å². The van der Waals surface area contributed by atoms with Gasteiger partial charge >= 0.3 is 0 Å². The Hall–Kier alpha value is -2.30. The topological polar surface area (TPSA) is 72.9 Å². The minimum atomic E-state index is -0.183. The van der Waals surface area contributed by atoms with Crippen molar-refractivity contribution >= 4 is 17.4 Å². The van der Waals surface area contributed by atoms with E-state index >= 15 is 0 Å². The molecule has 5 nitrogen and oxygen atoms in total. The largest absolute Gasteiger partial charge is 0.394 e. The van der Waals surface area contributed by atoms with Crippen molar-refractivity contribution in [2.24, 2.45) is 7.05 Å². The molecule has 1 amide bonds. The van der Waals surface area contributed by atoms with Crippen molar-refractivity contribution in [2.45, 2.75) is 20.3 Å². The number of benzene rings is 1. The third kappa shape index (κ3) is 2.59. The average molecular weight is 258 g/mol. The maximum atomic E-state index is 12.1. The van der Waals surface area contributed by atoms with E-state index in [1.54, 1.807) is 18.7 Å². The summed E-state index contributed by atoms with van der Waals surface area (Å²) >= 11 is 0. The number of nitrogens with one attached hydrogen (secondary N) is 1. The van der Waals surface area contributed by atoms with Gasteiger partial charge in [-0.05, 0) is 31.0 Å². The number of carbonyl (C=O) groups is 1. The fourth-order valence-corrected chi connectivity index (χ4v) is 1.89. The summed E-state index contributed by atoms with van der Waals surface area (Å²) in [6.45, 7) is 3.88. The molecule has 19 heavy (non-hydrogen) atoms. The molecule has 2 rings (SSSR count). The molecular formula is C14H18N4O. The van der Waals surface area contributed by atoms with E-state index < -0.39 is 0 Å². The molecule has 0 aliphatic heterocycles. The van der Waals surface area contributed by atoms with Gasteiger partial charge < -0.3 is 11.1 Å². The zero-order chi connectivity index (χ0) is 14.0. The van der Waals surface area contributed by atoms with Crippen LogP contribution in [0.4, 0.5) is 11.5 Å². The maximum Gasteiger partial charge on any atom is 0.256 e. The van der Waals surface area contributed by atoms with Gasteiger partial charge in [-0.3, -0.25) is 9.48 Å². The number of amides is 1. The number of nitrogens with two attached hydrogens (primary N) is 1. The number of hydrogen-bond acceptors (Lipinski definition) is 3. The van der Waals surface area contributed by atoms with Crippen LogP contribution in [-0.2, 0) is 13.5 Å². The van der Waals surface area contributed by atoms with E-state index in [9.17, 15) is 4.79 Å². The van der Waals surface area contributed by atoms with Crippen LogP contribution in [-0.4, -0.2) is 15.7 Å². The van der Waals surface area contributed by atoms with E-state index in [0.29, 0.717) is 22.8 Å². The van der Waals surface area contributed by atoms with Crippen molar-refractivity contribution in [3.63, 3.8) is 0 Å². The summed E-state index contributed by atoms with van der Waals surface area (Å²) in [6, 6.07) is 7.53. The molecule has 1 aromatic carbocycles. The molecule has 5 heteroatoms. The van der Waals surface area contributed by atoms with Gasteiger partial charge in [-0.15, -0.1) is 0 Å². The highest BCUT2D eigenvalue weighted by atomic mass is 16.1. The molecule has 0 spiro atoms. The second-order valence-electron chi connectivity index (χ2n) is 4.48. The normalized spacial score (nSPS) is 10.5. The summed E-state index contributed by atoms with van der Waals surface area (Å²) < 4.78 is 1.57. The summed E-state index contributed by atoms with van der Waals surface area (Å²) in [6.07, 6.45) is 0.954. The summed E-state index contributed by atoms with van der Waals surface area (Å²) in [5.74, 6) is 0.347. The van der Waals surface area contributed by atoms with Gasteiger partial charge in [0.2, 0.25) is 0 Å². The number of anilines is 2. The van der Waals surface area contributed by atoms with Crippen LogP contribution >= 0.6 is 0 Å².